The van der Waals surface area contributed by atoms with Crippen molar-refractivity contribution in [3.05, 3.63) is 35.4 Å². The van der Waals surface area contributed by atoms with Crippen molar-refractivity contribution < 1.29 is 31.1 Å². The van der Waals surface area contributed by atoms with E-state index in [0.29, 0.717) is 5.56 Å². The van der Waals surface area contributed by atoms with Crippen molar-refractivity contribution in [2.24, 2.45) is 5.41 Å². The van der Waals surface area contributed by atoms with Crippen LogP contribution in [0.25, 0.3) is 0 Å². The van der Waals surface area contributed by atoms with Crippen molar-refractivity contribution in [1.29, 1.82) is 0 Å². The summed E-state index contributed by atoms with van der Waals surface area (Å²) in [6.07, 6.45) is -2.01. The molecule has 0 heterocycles. The lowest BCUT2D eigenvalue weighted by Crippen LogP contribution is -2.60. The van der Waals surface area contributed by atoms with Crippen LogP contribution in [0.15, 0.2) is 24.3 Å². The van der Waals surface area contributed by atoms with E-state index in [2.05, 4.69) is 0 Å². The Hall–Kier alpha value is -1.73. The van der Waals surface area contributed by atoms with E-state index in [1.165, 1.54) is 0 Å². The van der Waals surface area contributed by atoms with Crippen LogP contribution < -0.4 is 0 Å². The fraction of sp³-hybridized carbons (Fsp3) is 0.667. The van der Waals surface area contributed by atoms with Gasteiger partial charge in [0.05, 0.1) is 6.42 Å². The number of benzene rings is 1. The van der Waals surface area contributed by atoms with Gasteiger partial charge in [-0.15, -0.1) is 0 Å². The second-order valence-electron chi connectivity index (χ2n) is 9.48. The van der Waals surface area contributed by atoms with Gasteiger partial charge in [-0.05, 0) is 16.5 Å². The van der Waals surface area contributed by atoms with Gasteiger partial charge in [-0.3, -0.25) is 4.79 Å². The average molecular weight is 425 g/mol. The number of halogens is 6. The third kappa shape index (κ3) is 5.25. The van der Waals surface area contributed by atoms with E-state index in [0.717, 1.165) is 38.3 Å². The molecule has 2 nitrogen and oxygen atoms in total. The van der Waals surface area contributed by atoms with Gasteiger partial charge in [0.1, 0.15) is 0 Å². The molecule has 0 atom stereocenters. The molecule has 0 saturated carbocycles. The molecule has 0 aliphatic heterocycles. The summed E-state index contributed by atoms with van der Waals surface area (Å²) in [5.41, 5.74) is -0.898. The first-order chi connectivity index (χ1) is 12.7. The summed E-state index contributed by atoms with van der Waals surface area (Å²) in [4.78, 5) is 12.9. The highest BCUT2D eigenvalue weighted by Gasteiger charge is 2.75. The molecule has 1 amide bonds. The number of carbonyl (C=O) groups is 1. The minimum Gasteiger partial charge on any atom is -0.341 e. The van der Waals surface area contributed by atoms with Crippen molar-refractivity contribution >= 4 is 5.91 Å². The van der Waals surface area contributed by atoms with Crippen LogP contribution in [0.1, 0.15) is 59.1 Å². The fourth-order valence-electron chi connectivity index (χ4n) is 2.61. The summed E-state index contributed by atoms with van der Waals surface area (Å²) in [5, 5.41) is 0. The van der Waals surface area contributed by atoms with E-state index in [4.69, 9.17) is 0 Å². The average Bonchev–Trinajstić information content (AvgIpc) is 2.52. The standard InChI is InChI=1S/C21H29F6NO/c1-17(2,3)15-10-8-14(9-11-15)13-28(7)16(29)12-19(22,23)21(26,27)20(24,25)18(4,5)6/h8-11H,12-13H2,1-7H3. The second-order valence-corrected chi connectivity index (χ2v) is 9.48. The zero-order valence-corrected chi connectivity index (χ0v) is 17.8. The molecular formula is C21H29F6NO. The summed E-state index contributed by atoms with van der Waals surface area (Å²) in [6, 6.07) is 7.04. The molecule has 0 spiro atoms. The van der Waals surface area contributed by atoms with Crippen molar-refractivity contribution in [1.82, 2.24) is 4.90 Å². The summed E-state index contributed by atoms with van der Waals surface area (Å²) in [6.45, 7) is 8.14. The lowest BCUT2D eigenvalue weighted by atomic mass is 9.81. The molecule has 0 aliphatic rings. The molecule has 0 fully saturated rings. The molecule has 0 unspecified atom stereocenters. The monoisotopic (exact) mass is 425 g/mol. The lowest BCUT2D eigenvalue weighted by Gasteiger charge is -2.40. The second kappa shape index (κ2) is 7.84. The van der Waals surface area contributed by atoms with E-state index in [9.17, 15) is 31.1 Å². The molecule has 0 radical (unpaired) electrons. The van der Waals surface area contributed by atoms with Crippen LogP contribution in [0, 0.1) is 5.41 Å². The van der Waals surface area contributed by atoms with Gasteiger partial charge in [0.15, 0.2) is 0 Å². The van der Waals surface area contributed by atoms with E-state index in [1.807, 2.05) is 32.9 Å². The Morgan fingerprint density at radius 1 is 0.828 bits per heavy atom. The van der Waals surface area contributed by atoms with Crippen LogP contribution in [0.3, 0.4) is 0 Å². The van der Waals surface area contributed by atoms with Crippen LogP contribution >= 0.6 is 0 Å². The highest BCUT2D eigenvalue weighted by atomic mass is 19.3. The predicted octanol–water partition coefficient (Wildman–Crippen LogP) is 6.28. The highest BCUT2D eigenvalue weighted by molar-refractivity contribution is 5.77. The Labute approximate surface area is 168 Å². The third-order valence-electron chi connectivity index (χ3n) is 4.83. The van der Waals surface area contributed by atoms with Crippen molar-refractivity contribution in [2.45, 2.75) is 77.7 Å². The Morgan fingerprint density at radius 2 is 1.28 bits per heavy atom. The molecule has 1 aromatic rings. The molecule has 29 heavy (non-hydrogen) atoms. The molecule has 0 aliphatic carbocycles. The van der Waals surface area contributed by atoms with Crippen molar-refractivity contribution in [2.75, 3.05) is 7.05 Å². The molecule has 166 valence electrons. The first kappa shape index (κ1) is 25.3. The molecule has 0 aromatic heterocycles. The zero-order valence-electron chi connectivity index (χ0n) is 17.8. The summed E-state index contributed by atoms with van der Waals surface area (Å²) in [5.74, 6) is -17.2. The van der Waals surface area contributed by atoms with Gasteiger partial charge >= 0.3 is 17.8 Å². The van der Waals surface area contributed by atoms with Gasteiger partial charge in [-0.1, -0.05) is 65.8 Å². The maximum absolute atomic E-state index is 14.1. The fourth-order valence-corrected chi connectivity index (χ4v) is 2.61. The van der Waals surface area contributed by atoms with Crippen LogP contribution in [0.5, 0.6) is 0 Å². The van der Waals surface area contributed by atoms with Gasteiger partial charge in [-0.25, -0.2) is 0 Å². The van der Waals surface area contributed by atoms with Gasteiger partial charge in [0.2, 0.25) is 5.91 Å². The number of alkyl halides is 6. The van der Waals surface area contributed by atoms with Crippen LogP contribution in [0.4, 0.5) is 26.3 Å². The molecule has 0 N–H and O–H groups in total. The Morgan fingerprint density at radius 3 is 1.66 bits per heavy atom. The van der Waals surface area contributed by atoms with Crippen LogP contribution in [-0.2, 0) is 16.8 Å². The highest BCUT2D eigenvalue weighted by Crippen LogP contribution is 2.54. The van der Waals surface area contributed by atoms with Crippen molar-refractivity contribution in [3.8, 4) is 0 Å². The number of carbonyl (C=O) groups excluding carboxylic acids is 1. The molecule has 1 rings (SSSR count). The topological polar surface area (TPSA) is 20.3 Å². The minimum atomic E-state index is -5.68. The number of hydrogen-bond acceptors (Lipinski definition) is 1. The Bertz CT molecular complexity index is 714. The van der Waals surface area contributed by atoms with Gasteiger partial charge < -0.3 is 4.90 Å². The molecular weight excluding hydrogens is 396 g/mol. The minimum absolute atomic E-state index is 0.105. The maximum Gasteiger partial charge on any atom is 0.372 e. The smallest absolute Gasteiger partial charge is 0.341 e. The van der Waals surface area contributed by atoms with E-state index >= 15 is 0 Å². The number of hydrogen-bond donors (Lipinski definition) is 0. The van der Waals surface area contributed by atoms with Crippen LogP contribution in [-0.4, -0.2) is 35.6 Å². The van der Waals surface area contributed by atoms with Gasteiger partial charge in [0, 0.05) is 19.0 Å². The normalized spacial score (nSPS) is 14.1. The number of nitrogens with zero attached hydrogens (tertiary/aromatic N) is 1. The molecule has 1 aromatic carbocycles. The quantitative estimate of drug-likeness (QED) is 0.491. The Kier molecular flexibility index (Phi) is 6.84. The van der Waals surface area contributed by atoms with E-state index in [-0.39, 0.29) is 12.0 Å². The Balaban J connectivity index is 2.93. The summed E-state index contributed by atoms with van der Waals surface area (Å²) in [7, 11) is 1.16. The zero-order chi connectivity index (χ0) is 23.1. The van der Waals surface area contributed by atoms with Crippen LogP contribution in [0.2, 0.25) is 0 Å². The SMILES string of the molecule is CN(Cc1ccc(C(C)(C)C)cc1)C(=O)CC(F)(F)C(F)(F)C(F)(F)C(C)(C)C. The van der Waals surface area contributed by atoms with Gasteiger partial charge in [0.25, 0.3) is 0 Å². The summed E-state index contributed by atoms with van der Waals surface area (Å²) >= 11 is 0. The third-order valence-corrected chi connectivity index (χ3v) is 4.83. The van der Waals surface area contributed by atoms with E-state index < -0.39 is 35.5 Å². The first-order valence-electron chi connectivity index (χ1n) is 9.21. The van der Waals surface area contributed by atoms with Crippen molar-refractivity contribution in [3.63, 3.8) is 0 Å². The molecule has 8 heteroatoms. The number of amides is 1. The molecule has 0 saturated heterocycles. The van der Waals surface area contributed by atoms with Gasteiger partial charge in [-0.2, -0.15) is 26.3 Å². The largest absolute Gasteiger partial charge is 0.372 e. The maximum atomic E-state index is 14.1. The molecule has 0 bridgehead atoms. The summed E-state index contributed by atoms with van der Waals surface area (Å²) < 4.78 is 84.2. The first-order valence-corrected chi connectivity index (χ1v) is 9.21. The lowest BCUT2D eigenvalue weighted by molar-refractivity contribution is -0.336. The number of rotatable bonds is 6. The van der Waals surface area contributed by atoms with E-state index in [1.54, 1.807) is 12.1 Å². The predicted molar refractivity (Wildman–Crippen MR) is 101 cm³/mol.